The highest BCUT2D eigenvalue weighted by Crippen LogP contribution is 2.36. The first-order valence-electron chi connectivity index (χ1n) is 5.85. The summed E-state index contributed by atoms with van der Waals surface area (Å²) in [5.41, 5.74) is 0.439. The van der Waals surface area contributed by atoms with Crippen molar-refractivity contribution in [3.8, 4) is 0 Å². The Hall–Kier alpha value is -1.30. The van der Waals surface area contributed by atoms with E-state index in [1.807, 2.05) is 0 Å². The van der Waals surface area contributed by atoms with Gasteiger partial charge in [0.2, 0.25) is 0 Å². The number of nitrogens with zero attached hydrogens (tertiary/aromatic N) is 2. The smallest absolute Gasteiger partial charge is 0.389 e. The van der Waals surface area contributed by atoms with Gasteiger partial charge in [0.05, 0.1) is 6.10 Å². The molecule has 3 nitrogen and oxygen atoms in total. The molecule has 1 aromatic rings. The maximum Gasteiger partial charge on any atom is 0.405 e. The predicted octanol–water partition coefficient (Wildman–Crippen LogP) is 2.67. The van der Waals surface area contributed by atoms with Gasteiger partial charge < -0.3 is 10.0 Å². The summed E-state index contributed by atoms with van der Waals surface area (Å²) in [7, 11) is 0. The Morgan fingerprint density at radius 3 is 2.67 bits per heavy atom. The lowest BCUT2D eigenvalue weighted by Crippen LogP contribution is -2.37. The number of aliphatic hydroxyl groups is 1. The van der Waals surface area contributed by atoms with E-state index in [4.69, 9.17) is 0 Å². The lowest BCUT2D eigenvalue weighted by atomic mass is 10.1. The second-order valence-electron chi connectivity index (χ2n) is 4.57. The minimum Gasteiger partial charge on any atom is -0.389 e. The number of alkyl halides is 3. The second-order valence-corrected chi connectivity index (χ2v) is 4.57. The molecule has 0 bridgehead atoms. The van der Waals surface area contributed by atoms with Crippen molar-refractivity contribution in [1.82, 2.24) is 4.98 Å². The van der Waals surface area contributed by atoms with Crippen LogP contribution in [0, 0.1) is 0 Å². The van der Waals surface area contributed by atoms with Crippen LogP contribution in [0.4, 0.5) is 19.0 Å². The van der Waals surface area contributed by atoms with Gasteiger partial charge in [-0.2, -0.15) is 13.2 Å². The molecule has 1 aliphatic rings. The molecule has 0 aromatic carbocycles. The molecule has 0 spiro atoms. The molecule has 2 rings (SSSR count). The number of hydrogen-bond donors (Lipinski definition) is 1. The highest BCUT2D eigenvalue weighted by Gasteiger charge is 2.39. The van der Waals surface area contributed by atoms with E-state index in [-0.39, 0.29) is 11.9 Å². The van der Waals surface area contributed by atoms with E-state index in [2.05, 4.69) is 4.98 Å². The molecule has 0 radical (unpaired) electrons. The van der Waals surface area contributed by atoms with Gasteiger partial charge in [0.15, 0.2) is 0 Å². The first kappa shape index (κ1) is 13.1. The van der Waals surface area contributed by atoms with Crippen LogP contribution in [-0.2, 0) is 0 Å². The van der Waals surface area contributed by atoms with Crippen molar-refractivity contribution in [3.05, 3.63) is 23.9 Å². The van der Waals surface area contributed by atoms with Gasteiger partial charge in [0.1, 0.15) is 12.4 Å². The van der Waals surface area contributed by atoms with Crippen molar-refractivity contribution < 1.29 is 18.3 Å². The van der Waals surface area contributed by atoms with Gasteiger partial charge in [-0.1, -0.05) is 6.07 Å². The Morgan fingerprint density at radius 1 is 1.50 bits per heavy atom. The number of halogens is 3. The third-order valence-electron chi connectivity index (χ3n) is 2.88. The maximum absolute atomic E-state index is 12.6. The zero-order valence-corrected chi connectivity index (χ0v) is 9.98. The summed E-state index contributed by atoms with van der Waals surface area (Å²) in [5.74, 6) is 0.243. The third-order valence-corrected chi connectivity index (χ3v) is 2.88. The lowest BCUT2D eigenvalue weighted by molar-refractivity contribution is -0.120. The van der Waals surface area contributed by atoms with Crippen molar-refractivity contribution in [3.63, 3.8) is 0 Å². The van der Waals surface area contributed by atoms with E-state index >= 15 is 0 Å². The molecule has 0 amide bonds. The van der Waals surface area contributed by atoms with Crippen molar-refractivity contribution in [2.75, 3.05) is 11.4 Å². The second kappa shape index (κ2) is 4.76. The van der Waals surface area contributed by atoms with Crippen molar-refractivity contribution >= 4 is 5.82 Å². The van der Waals surface area contributed by atoms with Crippen LogP contribution in [0.25, 0.3) is 0 Å². The Bertz CT molecular complexity index is 416. The molecular formula is C12H15F3N2O. The van der Waals surface area contributed by atoms with Gasteiger partial charge in [-0.05, 0) is 25.8 Å². The molecule has 1 N–H and O–H groups in total. The van der Waals surface area contributed by atoms with Crippen molar-refractivity contribution in [1.29, 1.82) is 0 Å². The molecule has 1 atom stereocenters. The molecule has 1 heterocycles. The molecule has 0 aliphatic heterocycles. The molecule has 6 heteroatoms. The summed E-state index contributed by atoms with van der Waals surface area (Å²) in [5, 5.41) is 9.61. The molecule has 100 valence electrons. The predicted molar refractivity (Wildman–Crippen MR) is 61.3 cm³/mol. The molecule has 1 aliphatic carbocycles. The fraction of sp³-hybridized carbons (Fsp3) is 0.583. The Kier molecular flexibility index (Phi) is 3.47. The van der Waals surface area contributed by atoms with Crippen LogP contribution in [0.1, 0.15) is 31.4 Å². The number of anilines is 1. The van der Waals surface area contributed by atoms with E-state index in [1.165, 1.54) is 18.0 Å². The molecule has 18 heavy (non-hydrogen) atoms. The van der Waals surface area contributed by atoms with Crippen molar-refractivity contribution in [2.24, 2.45) is 0 Å². The summed E-state index contributed by atoms with van der Waals surface area (Å²) in [6.45, 7) is 0.508. The molecule has 1 saturated carbocycles. The summed E-state index contributed by atoms with van der Waals surface area (Å²) in [6, 6.07) is 3.11. The summed E-state index contributed by atoms with van der Waals surface area (Å²) >= 11 is 0. The first-order chi connectivity index (χ1) is 8.38. The summed E-state index contributed by atoms with van der Waals surface area (Å²) < 4.78 is 37.7. The van der Waals surface area contributed by atoms with E-state index in [9.17, 15) is 18.3 Å². The molecule has 0 unspecified atom stereocenters. The number of aromatic nitrogens is 1. The van der Waals surface area contributed by atoms with Gasteiger partial charge in [-0.15, -0.1) is 0 Å². The van der Waals surface area contributed by atoms with Crippen LogP contribution in [0.5, 0.6) is 0 Å². The molecule has 1 aromatic heterocycles. The van der Waals surface area contributed by atoms with Crippen molar-refractivity contribution in [2.45, 2.75) is 38.1 Å². The third kappa shape index (κ3) is 3.13. The Labute approximate surface area is 103 Å². The zero-order valence-electron chi connectivity index (χ0n) is 9.98. The highest BCUT2D eigenvalue weighted by molar-refractivity contribution is 5.50. The SMILES string of the molecule is C[C@@H](O)c1cccnc1N(CC(F)(F)F)C1CC1. The maximum atomic E-state index is 12.6. The summed E-state index contributed by atoms with van der Waals surface area (Å²) in [6.07, 6.45) is -2.16. The quantitative estimate of drug-likeness (QED) is 0.904. The van der Waals surface area contributed by atoms with Gasteiger partial charge in [-0.3, -0.25) is 0 Å². The Morgan fingerprint density at radius 2 is 2.17 bits per heavy atom. The van der Waals surface area contributed by atoms with Crippen LogP contribution < -0.4 is 4.90 Å². The molecule has 1 fully saturated rings. The van der Waals surface area contributed by atoms with Crippen LogP contribution in [0.3, 0.4) is 0 Å². The largest absolute Gasteiger partial charge is 0.405 e. The average molecular weight is 260 g/mol. The topological polar surface area (TPSA) is 36.4 Å². The standard InChI is InChI=1S/C12H15F3N2O/c1-8(18)10-3-2-6-16-11(10)17(9-4-5-9)7-12(13,14)15/h2-3,6,8-9,18H,4-5,7H2,1H3/t8-/m1/s1. The fourth-order valence-electron chi connectivity index (χ4n) is 1.93. The highest BCUT2D eigenvalue weighted by atomic mass is 19.4. The van der Waals surface area contributed by atoms with Crippen LogP contribution >= 0.6 is 0 Å². The Balaban J connectivity index is 2.31. The van der Waals surface area contributed by atoms with Gasteiger partial charge in [-0.25, -0.2) is 4.98 Å². The van der Waals surface area contributed by atoms with E-state index in [1.54, 1.807) is 12.1 Å². The number of pyridine rings is 1. The van der Waals surface area contributed by atoms with E-state index in [0.29, 0.717) is 5.56 Å². The van der Waals surface area contributed by atoms with E-state index < -0.39 is 18.8 Å². The average Bonchev–Trinajstić information content (AvgIpc) is 3.08. The fourth-order valence-corrected chi connectivity index (χ4v) is 1.93. The minimum absolute atomic E-state index is 0.112. The van der Waals surface area contributed by atoms with E-state index in [0.717, 1.165) is 12.8 Å². The zero-order chi connectivity index (χ0) is 13.3. The van der Waals surface area contributed by atoms with Gasteiger partial charge in [0, 0.05) is 17.8 Å². The number of aliphatic hydroxyl groups excluding tert-OH is 1. The van der Waals surface area contributed by atoms with Crippen LogP contribution in [0.2, 0.25) is 0 Å². The molecule has 0 saturated heterocycles. The minimum atomic E-state index is -4.27. The first-order valence-corrected chi connectivity index (χ1v) is 5.85. The summed E-state index contributed by atoms with van der Waals surface area (Å²) in [4.78, 5) is 5.26. The molecular weight excluding hydrogens is 245 g/mol. The van der Waals surface area contributed by atoms with Gasteiger partial charge in [0.25, 0.3) is 0 Å². The normalized spacial score (nSPS) is 17.6. The van der Waals surface area contributed by atoms with Crippen LogP contribution in [-0.4, -0.2) is 28.9 Å². The number of rotatable bonds is 4. The monoisotopic (exact) mass is 260 g/mol. The lowest BCUT2D eigenvalue weighted by Gasteiger charge is -2.27. The van der Waals surface area contributed by atoms with Gasteiger partial charge >= 0.3 is 6.18 Å². The number of hydrogen-bond acceptors (Lipinski definition) is 3. The van der Waals surface area contributed by atoms with Crippen LogP contribution in [0.15, 0.2) is 18.3 Å².